The first-order valence-electron chi connectivity index (χ1n) is 5.29. The Kier molecular flexibility index (Phi) is 3.35. The van der Waals surface area contributed by atoms with E-state index in [9.17, 15) is 0 Å². The molecular weight excluding hydrogens is 248 g/mol. The number of nitrogen functional groups attached to an aromatic ring is 1. The summed E-state index contributed by atoms with van der Waals surface area (Å²) in [4.78, 5) is 4.11. The van der Waals surface area contributed by atoms with E-state index in [1.54, 1.807) is 6.07 Å². The summed E-state index contributed by atoms with van der Waals surface area (Å²) in [6.45, 7) is 1.91. The zero-order valence-corrected chi connectivity index (χ0v) is 10.5. The third kappa shape index (κ3) is 2.36. The van der Waals surface area contributed by atoms with Crippen molar-refractivity contribution >= 4 is 28.8 Å². The van der Waals surface area contributed by atoms with Crippen molar-refractivity contribution in [1.29, 1.82) is 5.26 Å². The summed E-state index contributed by atoms with van der Waals surface area (Å²) in [6.07, 6.45) is 1.47. The number of nitrogens with zero attached hydrogens (tertiary/aromatic N) is 2. The number of benzene rings is 1. The van der Waals surface area contributed by atoms with Gasteiger partial charge in [-0.25, -0.2) is 4.98 Å². The Morgan fingerprint density at radius 2 is 2.22 bits per heavy atom. The molecule has 5 heteroatoms. The van der Waals surface area contributed by atoms with Gasteiger partial charge in [-0.2, -0.15) is 5.26 Å². The third-order valence-corrected chi connectivity index (χ3v) is 2.98. The van der Waals surface area contributed by atoms with Gasteiger partial charge in [0, 0.05) is 16.9 Å². The maximum absolute atomic E-state index is 8.74. The largest absolute Gasteiger partial charge is 0.396 e. The molecule has 0 bridgehead atoms. The quantitative estimate of drug-likeness (QED) is 0.867. The highest BCUT2D eigenvalue weighted by Gasteiger charge is 2.06. The van der Waals surface area contributed by atoms with Crippen LogP contribution in [-0.4, -0.2) is 4.98 Å². The Bertz CT molecular complexity index is 631. The molecule has 0 atom stereocenters. The first-order valence-corrected chi connectivity index (χ1v) is 5.67. The summed E-state index contributed by atoms with van der Waals surface area (Å²) >= 11 is 6.03. The molecule has 0 aliphatic rings. The average Bonchev–Trinajstić information content (AvgIpc) is 2.37. The van der Waals surface area contributed by atoms with E-state index < -0.39 is 0 Å². The molecule has 0 amide bonds. The van der Waals surface area contributed by atoms with Gasteiger partial charge >= 0.3 is 0 Å². The number of nitriles is 1. The van der Waals surface area contributed by atoms with Gasteiger partial charge < -0.3 is 11.1 Å². The van der Waals surface area contributed by atoms with Crippen molar-refractivity contribution in [3.05, 3.63) is 46.6 Å². The molecule has 0 aliphatic carbocycles. The number of nitrogens with one attached hydrogen (secondary N) is 1. The molecule has 0 radical (unpaired) electrons. The lowest BCUT2D eigenvalue weighted by molar-refractivity contribution is 1.28. The second-order valence-corrected chi connectivity index (χ2v) is 4.22. The molecule has 1 heterocycles. The third-order valence-electron chi connectivity index (χ3n) is 2.57. The molecule has 90 valence electrons. The van der Waals surface area contributed by atoms with E-state index in [-0.39, 0.29) is 0 Å². The van der Waals surface area contributed by atoms with Gasteiger partial charge in [0.05, 0.1) is 11.3 Å². The fourth-order valence-electron chi connectivity index (χ4n) is 1.52. The maximum atomic E-state index is 8.74. The van der Waals surface area contributed by atoms with Crippen LogP contribution < -0.4 is 11.1 Å². The molecule has 0 aliphatic heterocycles. The number of anilines is 3. The van der Waals surface area contributed by atoms with Gasteiger partial charge in [0.1, 0.15) is 6.07 Å². The highest BCUT2D eigenvalue weighted by molar-refractivity contribution is 6.31. The smallest absolute Gasteiger partial charge is 0.153 e. The minimum absolute atomic E-state index is 0.424. The second kappa shape index (κ2) is 4.94. The van der Waals surface area contributed by atoms with Crippen molar-refractivity contribution in [2.45, 2.75) is 6.92 Å². The van der Waals surface area contributed by atoms with Crippen LogP contribution in [0.3, 0.4) is 0 Å². The Morgan fingerprint density at radius 3 is 2.89 bits per heavy atom. The van der Waals surface area contributed by atoms with Gasteiger partial charge in [0.15, 0.2) is 5.82 Å². The predicted octanol–water partition coefficient (Wildman–Crippen LogP) is 3.24. The Morgan fingerprint density at radius 1 is 1.44 bits per heavy atom. The highest BCUT2D eigenvalue weighted by Crippen LogP contribution is 2.27. The summed E-state index contributed by atoms with van der Waals surface area (Å²) in [7, 11) is 0. The van der Waals surface area contributed by atoms with Gasteiger partial charge in [-0.15, -0.1) is 0 Å². The van der Waals surface area contributed by atoms with E-state index in [0.29, 0.717) is 22.1 Å². The first-order chi connectivity index (χ1) is 8.61. The number of rotatable bonds is 2. The lowest BCUT2D eigenvalue weighted by Crippen LogP contribution is -2.01. The molecule has 4 nitrogen and oxygen atoms in total. The summed E-state index contributed by atoms with van der Waals surface area (Å²) in [6, 6.07) is 9.12. The number of nitrogens with two attached hydrogens (primary N) is 1. The van der Waals surface area contributed by atoms with Gasteiger partial charge in [0.2, 0.25) is 0 Å². The van der Waals surface area contributed by atoms with Crippen LogP contribution in [0.4, 0.5) is 17.2 Å². The topological polar surface area (TPSA) is 74.7 Å². The second-order valence-electron chi connectivity index (χ2n) is 3.81. The van der Waals surface area contributed by atoms with E-state index in [1.807, 2.05) is 31.2 Å². The number of halogens is 1. The number of hydrogen-bond acceptors (Lipinski definition) is 4. The van der Waals surface area contributed by atoms with Crippen molar-refractivity contribution in [2.24, 2.45) is 0 Å². The number of pyridine rings is 1. The van der Waals surface area contributed by atoms with Crippen LogP contribution >= 0.6 is 11.6 Å². The van der Waals surface area contributed by atoms with E-state index in [4.69, 9.17) is 22.6 Å². The molecule has 0 spiro atoms. The lowest BCUT2D eigenvalue weighted by Gasteiger charge is -2.11. The van der Waals surface area contributed by atoms with E-state index in [2.05, 4.69) is 10.3 Å². The maximum Gasteiger partial charge on any atom is 0.153 e. The fourth-order valence-corrected chi connectivity index (χ4v) is 1.69. The summed E-state index contributed by atoms with van der Waals surface area (Å²) in [5.41, 5.74) is 8.44. The van der Waals surface area contributed by atoms with Crippen molar-refractivity contribution in [1.82, 2.24) is 4.98 Å². The molecular formula is C13H11ClN4. The summed E-state index contributed by atoms with van der Waals surface area (Å²) in [5.74, 6) is 0.513. The first kappa shape index (κ1) is 12.2. The SMILES string of the molecule is Cc1c(Cl)cccc1Nc1ncc(C#N)cc1N. The number of hydrogen-bond donors (Lipinski definition) is 2. The molecule has 3 N–H and O–H groups in total. The lowest BCUT2D eigenvalue weighted by atomic mass is 10.2. The van der Waals surface area contributed by atoms with Crippen LogP contribution in [0.25, 0.3) is 0 Å². The Balaban J connectivity index is 2.35. The fraction of sp³-hybridized carbons (Fsp3) is 0.0769. The minimum atomic E-state index is 0.424. The van der Waals surface area contributed by atoms with Gasteiger partial charge in [-0.05, 0) is 30.7 Å². The molecule has 0 fully saturated rings. The van der Waals surface area contributed by atoms with Crippen LogP contribution in [0.2, 0.25) is 5.02 Å². The van der Waals surface area contributed by atoms with Crippen LogP contribution in [0.15, 0.2) is 30.5 Å². The number of aromatic nitrogens is 1. The molecule has 18 heavy (non-hydrogen) atoms. The van der Waals surface area contributed by atoms with Crippen LogP contribution in [0.1, 0.15) is 11.1 Å². The van der Waals surface area contributed by atoms with E-state index in [1.165, 1.54) is 6.20 Å². The van der Waals surface area contributed by atoms with Crippen LogP contribution in [-0.2, 0) is 0 Å². The molecule has 0 unspecified atom stereocenters. The predicted molar refractivity (Wildman–Crippen MR) is 72.8 cm³/mol. The van der Waals surface area contributed by atoms with Crippen LogP contribution in [0.5, 0.6) is 0 Å². The average molecular weight is 259 g/mol. The van der Waals surface area contributed by atoms with Crippen molar-refractivity contribution in [2.75, 3.05) is 11.1 Å². The molecule has 1 aromatic carbocycles. The summed E-state index contributed by atoms with van der Waals surface area (Å²) in [5, 5.41) is 12.5. The minimum Gasteiger partial charge on any atom is -0.396 e. The van der Waals surface area contributed by atoms with Crippen molar-refractivity contribution < 1.29 is 0 Å². The van der Waals surface area contributed by atoms with E-state index >= 15 is 0 Å². The van der Waals surface area contributed by atoms with Crippen LogP contribution in [0, 0.1) is 18.3 Å². The molecule has 0 saturated carbocycles. The Labute approximate surface area is 110 Å². The standard InChI is InChI=1S/C13H11ClN4/c1-8-10(14)3-2-4-12(8)18-13-11(16)5-9(6-15)7-17-13/h2-5,7H,16H2,1H3,(H,17,18). The highest BCUT2D eigenvalue weighted by atomic mass is 35.5. The van der Waals surface area contributed by atoms with Gasteiger partial charge in [-0.1, -0.05) is 17.7 Å². The van der Waals surface area contributed by atoms with Crippen molar-refractivity contribution in [3.8, 4) is 6.07 Å². The monoisotopic (exact) mass is 258 g/mol. The molecule has 2 rings (SSSR count). The molecule has 0 saturated heterocycles. The van der Waals surface area contributed by atoms with E-state index in [0.717, 1.165) is 11.3 Å². The van der Waals surface area contributed by atoms with Gasteiger partial charge in [-0.3, -0.25) is 0 Å². The van der Waals surface area contributed by atoms with Gasteiger partial charge in [0.25, 0.3) is 0 Å². The Hall–Kier alpha value is -2.25. The summed E-state index contributed by atoms with van der Waals surface area (Å²) < 4.78 is 0. The zero-order chi connectivity index (χ0) is 13.1. The zero-order valence-electron chi connectivity index (χ0n) is 9.74. The van der Waals surface area contributed by atoms with Crippen molar-refractivity contribution in [3.63, 3.8) is 0 Å². The normalized spacial score (nSPS) is 9.83. The molecule has 2 aromatic rings. The molecule has 1 aromatic heterocycles.